The van der Waals surface area contributed by atoms with E-state index in [-0.39, 0.29) is 29.8 Å². The predicted molar refractivity (Wildman–Crippen MR) is 50.8 cm³/mol. The van der Waals surface area contributed by atoms with Crippen molar-refractivity contribution in [1.29, 1.82) is 0 Å². The summed E-state index contributed by atoms with van der Waals surface area (Å²) in [6, 6.07) is 0. The second kappa shape index (κ2) is 286. The van der Waals surface area contributed by atoms with Gasteiger partial charge in [-0.1, -0.05) is 0 Å². The minimum Gasteiger partial charge on any atom is -0.444 e. The second-order valence-electron chi connectivity index (χ2n) is 0.401. The third-order valence-electron chi connectivity index (χ3n) is 0. The van der Waals surface area contributed by atoms with E-state index in [9.17, 15) is 0 Å². The molecule has 15 nitrogen and oxygen atoms in total. The van der Waals surface area contributed by atoms with Crippen molar-refractivity contribution in [3.05, 3.63) is 29.7 Å². The molecule has 0 unspecified atom stereocenters. The molecule has 0 spiro atoms. The Morgan fingerprint density at radius 1 is 0.647 bits per heavy atom. The van der Waals surface area contributed by atoms with Crippen molar-refractivity contribution < 1.29 is 39.7 Å². The Balaban J connectivity index is -0.0000000143. The van der Waals surface area contributed by atoms with Crippen LogP contribution in [0.4, 0.5) is 0 Å². The molecule has 98 valence electrons. The molecule has 0 aromatic rings. The molecule has 17 heteroatoms. The fourth-order valence-corrected chi connectivity index (χ4v) is 0. The van der Waals surface area contributed by atoms with Crippen LogP contribution in [-0.4, -0.2) is 31.8 Å². The van der Waals surface area contributed by atoms with Crippen molar-refractivity contribution in [3.8, 4) is 0 Å². The minimum absolute atomic E-state index is 0. The largest absolute Gasteiger partial charge is 1.00 e. The fourth-order valence-electron chi connectivity index (χ4n) is 0. The molecule has 0 aliphatic rings. The Kier molecular flexibility index (Phi) is 780. The molecular formula is H8LiN5O10Si. The average molecular weight is 273 g/mol. The first-order valence-corrected chi connectivity index (χ1v) is 1.90. The van der Waals surface area contributed by atoms with Gasteiger partial charge in [0.25, 0.3) is 0 Å². The van der Waals surface area contributed by atoms with Crippen molar-refractivity contribution in [2.75, 3.05) is 0 Å². The van der Waals surface area contributed by atoms with E-state index in [4.69, 9.17) is 50.6 Å². The van der Waals surface area contributed by atoms with Gasteiger partial charge < -0.3 is 30.9 Å². The van der Waals surface area contributed by atoms with E-state index in [0.29, 0.717) is 0 Å². The smallest absolute Gasteiger partial charge is 0.444 e. The summed E-state index contributed by atoms with van der Waals surface area (Å²) in [7, 11) is 0. The Labute approximate surface area is 108 Å². The van der Waals surface area contributed by atoms with Crippen LogP contribution in [0.3, 0.4) is 0 Å². The zero-order chi connectivity index (χ0) is 13.5. The Morgan fingerprint density at radius 2 is 0.647 bits per heavy atom. The van der Waals surface area contributed by atoms with Crippen LogP contribution < -0.4 is 18.9 Å². The van der Waals surface area contributed by atoms with Gasteiger partial charge in [-0.25, -0.2) is 0 Å². The van der Waals surface area contributed by atoms with Crippen LogP contribution in [0.2, 0.25) is 0 Å². The van der Waals surface area contributed by atoms with E-state index in [0.717, 1.165) is 5.34 Å². The van der Waals surface area contributed by atoms with Gasteiger partial charge in [-0.3, -0.25) is 0 Å². The van der Waals surface area contributed by atoms with Gasteiger partial charge in [0.15, 0.2) is 21.4 Å². The fraction of sp³-hybridized carbons (Fsp3) is 0. The van der Waals surface area contributed by atoms with Crippen molar-refractivity contribution in [2.24, 2.45) is 26.7 Å². The molecule has 0 radical (unpaired) electrons. The third-order valence-corrected chi connectivity index (χ3v) is 0. The van der Waals surface area contributed by atoms with Gasteiger partial charge in [-0.15, -0.1) is 25.0 Å². The molecule has 0 rings (SSSR count). The van der Waals surface area contributed by atoms with Crippen LogP contribution in [0.15, 0.2) is 26.7 Å². The van der Waals surface area contributed by atoms with Gasteiger partial charge in [0.2, 0.25) is 0 Å². The van der Waals surface area contributed by atoms with Crippen molar-refractivity contribution in [2.45, 2.75) is 0 Å². The zero-order valence-electron chi connectivity index (χ0n) is 7.47. The summed E-state index contributed by atoms with van der Waals surface area (Å²) < 4.78 is 0. The van der Waals surface area contributed by atoms with E-state index in [1.807, 2.05) is 0 Å². The summed E-state index contributed by atoms with van der Waals surface area (Å²) in [5.74, 6) is 0. The standard InChI is InChI=1S/Li.5HNO2.H4Si/c;5*2-1-3;/h;5*(H,2,3);1H4/q+1;;;;;;/p-1. The molecule has 0 saturated heterocycles. The average Bonchev–Trinajstić information content (AvgIpc) is 2.09. The van der Waals surface area contributed by atoms with Crippen LogP contribution in [0.1, 0.15) is 0 Å². The molecule has 17 heavy (non-hydrogen) atoms. The van der Waals surface area contributed by atoms with Crippen molar-refractivity contribution >= 4 is 11.0 Å². The zero-order valence-corrected chi connectivity index (χ0v) is 7.47. The number of rotatable bonds is 0. The maximum atomic E-state index is 8.11. The predicted octanol–water partition coefficient (Wildman–Crippen LogP) is -3.63. The molecule has 0 saturated carbocycles. The number of nitrogens with zero attached hydrogens (tertiary/aromatic N) is 5. The Morgan fingerprint density at radius 3 is 0.647 bits per heavy atom. The third kappa shape index (κ3) is 404. The van der Waals surface area contributed by atoms with E-state index < -0.39 is 0 Å². The molecule has 4 N–H and O–H groups in total. The van der Waals surface area contributed by atoms with E-state index in [2.05, 4.69) is 0 Å². The summed E-state index contributed by atoms with van der Waals surface area (Å²) in [4.78, 5) is 40.4. The van der Waals surface area contributed by atoms with Crippen LogP contribution >= 0.6 is 0 Å². The topological polar surface area (TPSA) is 251 Å². The first-order valence-electron chi connectivity index (χ1n) is 1.90. The molecule has 0 aromatic heterocycles. The summed E-state index contributed by atoms with van der Waals surface area (Å²) in [5.41, 5.74) is 0. The van der Waals surface area contributed by atoms with Crippen molar-refractivity contribution in [1.82, 2.24) is 0 Å². The molecule has 0 aliphatic heterocycles. The number of hydrogen-bond acceptors (Lipinski definition) is 11. The van der Waals surface area contributed by atoms with Gasteiger partial charge in [0, 0.05) is 0 Å². The second-order valence-corrected chi connectivity index (χ2v) is 0.401. The van der Waals surface area contributed by atoms with E-state index in [1.54, 1.807) is 0 Å². The van der Waals surface area contributed by atoms with Gasteiger partial charge in [0.05, 0.1) is 0 Å². The maximum Gasteiger partial charge on any atom is 1.00 e. The van der Waals surface area contributed by atoms with Gasteiger partial charge in [-0.05, 0) is 11.0 Å². The van der Waals surface area contributed by atoms with Crippen LogP contribution in [-0.2, 0) is 0 Å². The molecule has 0 amide bonds. The summed E-state index contributed by atoms with van der Waals surface area (Å²) in [6.07, 6.45) is 0. The summed E-state index contributed by atoms with van der Waals surface area (Å²) in [5, 5.41) is 40.6. The van der Waals surface area contributed by atoms with Crippen LogP contribution in [0, 0.1) is 29.7 Å². The van der Waals surface area contributed by atoms with Crippen LogP contribution in [0.25, 0.3) is 0 Å². The normalized spacial score (nSPS) is 3.53. The quantitative estimate of drug-likeness (QED) is 0.191. The first-order chi connectivity index (χ1) is 7.07. The maximum absolute atomic E-state index is 8.11. The first kappa shape index (κ1) is 46.3. The Bertz CT molecular complexity index is 97.0. The summed E-state index contributed by atoms with van der Waals surface area (Å²) >= 11 is 0. The molecule has 0 fully saturated rings. The SMILES string of the molecule is O=NO.O=NO.O=NO.O=NO.O=N[O-].[Li+].[SiH4]. The van der Waals surface area contributed by atoms with E-state index >= 15 is 0 Å². The van der Waals surface area contributed by atoms with Crippen molar-refractivity contribution in [3.63, 3.8) is 0 Å². The molecule has 0 aromatic carbocycles. The Hall–Kier alpha value is -2.19. The monoisotopic (exact) mass is 273 g/mol. The molecule has 0 aliphatic carbocycles. The molecule has 0 atom stereocenters. The number of hydrogen-bond donors (Lipinski definition) is 4. The molecule has 0 bridgehead atoms. The van der Waals surface area contributed by atoms with Gasteiger partial charge >= 0.3 is 18.9 Å². The summed E-state index contributed by atoms with van der Waals surface area (Å²) in [6.45, 7) is 0. The van der Waals surface area contributed by atoms with E-state index in [1.165, 1.54) is 21.4 Å². The van der Waals surface area contributed by atoms with Gasteiger partial charge in [-0.2, -0.15) is 0 Å². The molecule has 0 heterocycles. The van der Waals surface area contributed by atoms with Gasteiger partial charge in [0.1, 0.15) is 0 Å². The van der Waals surface area contributed by atoms with Crippen LogP contribution in [0.5, 0.6) is 0 Å². The molecular weight excluding hydrogens is 265 g/mol. The minimum atomic E-state index is 0.